The zero-order valence-electron chi connectivity index (χ0n) is 19.8. The van der Waals surface area contributed by atoms with E-state index in [1.807, 2.05) is 0 Å². The summed E-state index contributed by atoms with van der Waals surface area (Å²) in [6.07, 6.45) is 2.70. The van der Waals surface area contributed by atoms with Gasteiger partial charge in [0, 0.05) is 33.3 Å². The molecule has 0 unspecified atom stereocenters. The van der Waals surface area contributed by atoms with E-state index in [2.05, 4.69) is 94.1 Å². The van der Waals surface area contributed by atoms with Crippen LogP contribution in [0.25, 0.3) is 0 Å². The third-order valence-electron chi connectivity index (χ3n) is 5.10. The summed E-state index contributed by atoms with van der Waals surface area (Å²) in [5.41, 5.74) is 3.47. The van der Waals surface area contributed by atoms with Crippen LogP contribution in [0.4, 0.5) is 0 Å². The number of nitrogens with zero attached hydrogens (tertiary/aromatic N) is 6. The van der Waals surface area contributed by atoms with Crippen molar-refractivity contribution in [2.24, 2.45) is 15.3 Å². The first-order valence-electron chi connectivity index (χ1n) is 9.95. The van der Waals surface area contributed by atoms with Crippen LogP contribution in [-0.2, 0) is 0 Å². The maximum atomic E-state index is 5.03. The Morgan fingerprint density at radius 1 is 0.556 bits per heavy atom. The molecule has 0 saturated heterocycles. The summed E-state index contributed by atoms with van der Waals surface area (Å²) >= 11 is 0. The van der Waals surface area contributed by atoms with Crippen molar-refractivity contribution in [3.8, 4) is 0 Å². The molecule has 27 heavy (non-hydrogen) atoms. The molecule has 1 fully saturated rings. The van der Waals surface area contributed by atoms with Gasteiger partial charge in [0.15, 0.2) is 24.7 Å². The number of hydrogen-bond acceptors (Lipinski definition) is 6. The molecular weight excluding hydrogens is 384 g/mol. The Balaban J connectivity index is 3.23. The Bertz CT molecular complexity index is 608. The highest BCUT2D eigenvalue weighted by molar-refractivity contribution is 6.74. The second kappa shape index (κ2) is 8.61. The normalized spacial score (nSPS) is 21.1. The van der Waals surface area contributed by atoms with E-state index in [4.69, 9.17) is 15.3 Å². The molecule has 0 heterocycles. The maximum absolute atomic E-state index is 5.03. The van der Waals surface area contributed by atoms with E-state index in [1.165, 1.54) is 5.71 Å². The van der Waals surface area contributed by atoms with Gasteiger partial charge in [0.05, 0.1) is 11.4 Å². The molecule has 156 valence electrons. The molecule has 1 rings (SSSR count). The van der Waals surface area contributed by atoms with Crippen LogP contribution in [0, 0.1) is 0 Å². The van der Waals surface area contributed by atoms with Gasteiger partial charge >= 0.3 is 0 Å². The Labute approximate surface area is 170 Å². The number of rotatable bonds is 6. The van der Waals surface area contributed by atoms with Crippen LogP contribution in [0.5, 0.6) is 0 Å². The Hall–Kier alpha value is -0.939. The number of hydrogen-bond donors (Lipinski definition) is 0. The molecule has 6 nitrogen and oxygen atoms in total. The lowest BCUT2D eigenvalue weighted by Crippen LogP contribution is -2.44. The quantitative estimate of drug-likeness (QED) is 0.463. The highest BCUT2D eigenvalue weighted by Gasteiger charge is 2.28. The molecule has 0 N–H and O–H groups in total. The van der Waals surface area contributed by atoms with Gasteiger partial charge in [-0.2, -0.15) is 15.3 Å². The van der Waals surface area contributed by atoms with Crippen LogP contribution in [0.2, 0.25) is 58.9 Å². The maximum Gasteiger partial charge on any atom is 0.168 e. The zero-order chi connectivity index (χ0) is 21.2. The Morgan fingerprint density at radius 3 is 1.33 bits per heavy atom. The van der Waals surface area contributed by atoms with Crippen molar-refractivity contribution in [2.75, 3.05) is 21.1 Å². The molecular formula is C18H42N6Si3. The summed E-state index contributed by atoms with van der Waals surface area (Å²) in [5, 5.41) is 15.0. The molecule has 0 radical (unpaired) electrons. The predicted molar refractivity (Wildman–Crippen MR) is 129 cm³/mol. The van der Waals surface area contributed by atoms with Gasteiger partial charge in [0.2, 0.25) is 0 Å². The van der Waals surface area contributed by atoms with Gasteiger partial charge in [0.25, 0.3) is 0 Å². The average molecular weight is 427 g/mol. The minimum atomic E-state index is -1.49. The first-order chi connectivity index (χ1) is 12.0. The highest BCUT2D eigenvalue weighted by atomic mass is 28.3. The van der Waals surface area contributed by atoms with Crippen LogP contribution in [-0.4, -0.2) is 77.0 Å². The molecule has 1 saturated carbocycles. The van der Waals surface area contributed by atoms with E-state index < -0.39 is 24.7 Å². The first-order valence-corrected chi connectivity index (χ1v) is 20.3. The minimum absolute atomic E-state index is 0.808. The molecule has 0 aromatic carbocycles. The fourth-order valence-electron chi connectivity index (χ4n) is 2.10. The van der Waals surface area contributed by atoms with Crippen molar-refractivity contribution in [2.45, 2.75) is 78.2 Å². The average Bonchev–Trinajstić information content (AvgIpc) is 2.46. The van der Waals surface area contributed by atoms with E-state index in [9.17, 15) is 0 Å². The lowest BCUT2D eigenvalue weighted by Gasteiger charge is -2.33. The topological polar surface area (TPSA) is 46.8 Å². The molecule has 0 spiro atoms. The van der Waals surface area contributed by atoms with E-state index >= 15 is 0 Å². The van der Waals surface area contributed by atoms with Crippen LogP contribution in [0.3, 0.4) is 0 Å². The Kier molecular flexibility index (Phi) is 7.68. The van der Waals surface area contributed by atoms with Crippen molar-refractivity contribution < 1.29 is 0 Å². The predicted octanol–water partition coefficient (Wildman–Crippen LogP) is 4.54. The van der Waals surface area contributed by atoms with Gasteiger partial charge in [-0.05, 0) is 12.8 Å². The number of hydrazone groups is 3. The van der Waals surface area contributed by atoms with Gasteiger partial charge in [-0.15, -0.1) is 0 Å². The SMILES string of the molecule is CN(N=C1CCC(=NN(C)[Si](C)(C)C)C(=NN(C)[Si](C)(C)C)C1)[Si](C)(C)C. The lowest BCUT2D eigenvalue weighted by molar-refractivity contribution is 0.536. The third kappa shape index (κ3) is 7.53. The minimum Gasteiger partial charge on any atom is -0.328 e. The fraction of sp³-hybridized carbons (Fsp3) is 0.833. The van der Waals surface area contributed by atoms with E-state index in [0.717, 1.165) is 30.7 Å². The fourth-order valence-corrected chi connectivity index (χ4v) is 3.38. The van der Waals surface area contributed by atoms with E-state index in [1.54, 1.807) is 0 Å². The van der Waals surface area contributed by atoms with Crippen molar-refractivity contribution in [3.63, 3.8) is 0 Å². The van der Waals surface area contributed by atoms with Crippen molar-refractivity contribution in [3.05, 3.63) is 0 Å². The first kappa shape index (κ1) is 24.1. The van der Waals surface area contributed by atoms with Crippen LogP contribution in [0.15, 0.2) is 15.3 Å². The molecule has 1 aliphatic carbocycles. The van der Waals surface area contributed by atoms with Gasteiger partial charge in [-0.1, -0.05) is 58.9 Å². The second-order valence-electron chi connectivity index (χ2n) is 10.5. The Morgan fingerprint density at radius 2 is 0.926 bits per heavy atom. The highest BCUT2D eigenvalue weighted by Crippen LogP contribution is 2.19. The molecule has 0 bridgehead atoms. The molecule has 0 aromatic rings. The van der Waals surface area contributed by atoms with Crippen LogP contribution >= 0.6 is 0 Å². The summed E-state index contributed by atoms with van der Waals surface area (Å²) in [6.45, 7) is 20.9. The molecule has 0 aliphatic heterocycles. The molecule has 0 amide bonds. The largest absolute Gasteiger partial charge is 0.328 e. The molecule has 0 atom stereocenters. The van der Waals surface area contributed by atoms with Crippen molar-refractivity contribution in [1.29, 1.82) is 0 Å². The molecule has 9 heteroatoms. The van der Waals surface area contributed by atoms with Crippen LogP contribution < -0.4 is 0 Å². The third-order valence-corrected chi connectivity index (χ3v) is 11.2. The van der Waals surface area contributed by atoms with Crippen molar-refractivity contribution >= 4 is 41.8 Å². The smallest absolute Gasteiger partial charge is 0.168 e. The van der Waals surface area contributed by atoms with Crippen LogP contribution in [0.1, 0.15) is 19.3 Å². The summed E-state index contributed by atoms with van der Waals surface area (Å²) < 4.78 is 6.60. The lowest BCUT2D eigenvalue weighted by atomic mass is 9.94. The van der Waals surface area contributed by atoms with Gasteiger partial charge in [-0.25, -0.2) is 0 Å². The standard InChI is InChI=1S/C18H42N6Si3/c1-22(25(4,5)6)19-16-13-14-17(20-23(2)26(7,8)9)18(15-16)21-24(3)27(10,11)12/h13-15H2,1-12H3. The summed E-state index contributed by atoms with van der Waals surface area (Å²) in [5.74, 6) is 0. The van der Waals surface area contributed by atoms with E-state index in [-0.39, 0.29) is 0 Å². The summed E-state index contributed by atoms with van der Waals surface area (Å²) in [4.78, 5) is 0. The van der Waals surface area contributed by atoms with Gasteiger partial charge < -0.3 is 14.0 Å². The van der Waals surface area contributed by atoms with Gasteiger partial charge in [-0.3, -0.25) is 0 Å². The van der Waals surface area contributed by atoms with E-state index in [0.29, 0.717) is 0 Å². The second-order valence-corrected chi connectivity index (χ2v) is 25.5. The molecule has 0 aromatic heterocycles. The summed E-state index contributed by atoms with van der Waals surface area (Å²) in [7, 11) is 1.96. The van der Waals surface area contributed by atoms with Gasteiger partial charge in [0.1, 0.15) is 0 Å². The summed E-state index contributed by atoms with van der Waals surface area (Å²) in [6, 6.07) is 0. The monoisotopic (exact) mass is 426 g/mol. The van der Waals surface area contributed by atoms with Crippen molar-refractivity contribution in [1.82, 2.24) is 14.0 Å². The molecule has 1 aliphatic rings. The zero-order valence-corrected chi connectivity index (χ0v) is 22.8.